The minimum absolute atomic E-state index is 0.159. The maximum atomic E-state index is 13.1. The molecule has 1 aromatic rings. The van der Waals surface area contributed by atoms with Gasteiger partial charge in [0, 0.05) is 12.5 Å². The Morgan fingerprint density at radius 1 is 1.38 bits per heavy atom. The van der Waals surface area contributed by atoms with Crippen LogP contribution in [-0.4, -0.2) is 18.2 Å². The van der Waals surface area contributed by atoms with Crippen molar-refractivity contribution in [1.29, 1.82) is 0 Å². The first-order valence-corrected chi connectivity index (χ1v) is 5.17. The zero-order valence-corrected chi connectivity index (χ0v) is 9.20. The Labute approximate surface area is 93.9 Å². The molecule has 0 bridgehead atoms. The fourth-order valence-corrected chi connectivity index (χ4v) is 1.49. The Balaban J connectivity index is 2.47. The molecule has 0 aliphatic rings. The van der Waals surface area contributed by atoms with Crippen molar-refractivity contribution in [2.75, 3.05) is 7.11 Å². The van der Waals surface area contributed by atoms with E-state index in [2.05, 4.69) is 0 Å². The lowest BCUT2D eigenvalue weighted by Gasteiger charge is -2.04. The number of rotatable bonds is 6. The summed E-state index contributed by atoms with van der Waals surface area (Å²) in [5, 5.41) is 8.46. The largest absolute Gasteiger partial charge is 0.497 e. The highest BCUT2D eigenvalue weighted by atomic mass is 19.1. The molecular formula is C12H15FO3. The van der Waals surface area contributed by atoms with Crippen molar-refractivity contribution >= 4 is 5.97 Å². The van der Waals surface area contributed by atoms with E-state index in [0.717, 1.165) is 12.0 Å². The number of carboxylic acid groups (broad SMARTS) is 1. The van der Waals surface area contributed by atoms with E-state index >= 15 is 0 Å². The van der Waals surface area contributed by atoms with Gasteiger partial charge in [0.05, 0.1) is 7.11 Å². The van der Waals surface area contributed by atoms with Gasteiger partial charge in [-0.1, -0.05) is 0 Å². The van der Waals surface area contributed by atoms with Crippen LogP contribution in [0.2, 0.25) is 0 Å². The van der Waals surface area contributed by atoms with E-state index in [1.54, 1.807) is 6.07 Å². The Bertz CT molecular complexity index is 363. The fourth-order valence-electron chi connectivity index (χ4n) is 1.49. The van der Waals surface area contributed by atoms with Gasteiger partial charge < -0.3 is 9.84 Å². The third kappa shape index (κ3) is 4.29. The lowest BCUT2D eigenvalue weighted by molar-refractivity contribution is -0.137. The third-order valence-electron chi connectivity index (χ3n) is 2.27. The van der Waals surface area contributed by atoms with E-state index in [1.165, 1.54) is 19.2 Å². The maximum Gasteiger partial charge on any atom is 0.303 e. The number of aryl methyl sites for hydroxylation is 1. The predicted molar refractivity (Wildman–Crippen MR) is 58.1 cm³/mol. The molecule has 0 saturated carbocycles. The minimum atomic E-state index is -0.795. The molecule has 0 amide bonds. The summed E-state index contributed by atoms with van der Waals surface area (Å²) >= 11 is 0. The van der Waals surface area contributed by atoms with Gasteiger partial charge in [-0.3, -0.25) is 4.79 Å². The normalized spacial score (nSPS) is 10.1. The number of aliphatic carboxylic acids is 1. The van der Waals surface area contributed by atoms with Crippen LogP contribution in [0.5, 0.6) is 5.75 Å². The molecule has 1 rings (SSSR count). The second kappa shape index (κ2) is 6.10. The topological polar surface area (TPSA) is 46.5 Å². The van der Waals surface area contributed by atoms with Gasteiger partial charge in [0.25, 0.3) is 0 Å². The molecule has 4 heteroatoms. The first kappa shape index (κ1) is 12.5. The van der Waals surface area contributed by atoms with Crippen molar-refractivity contribution in [2.45, 2.75) is 25.7 Å². The minimum Gasteiger partial charge on any atom is -0.497 e. The summed E-state index contributed by atoms with van der Waals surface area (Å²) < 4.78 is 18.0. The predicted octanol–water partition coefficient (Wildman–Crippen LogP) is 2.63. The van der Waals surface area contributed by atoms with Crippen LogP contribution in [0.1, 0.15) is 24.8 Å². The molecule has 1 aromatic carbocycles. The second-order valence-corrected chi connectivity index (χ2v) is 3.60. The van der Waals surface area contributed by atoms with Crippen molar-refractivity contribution in [3.8, 4) is 5.75 Å². The van der Waals surface area contributed by atoms with Crippen molar-refractivity contribution in [3.05, 3.63) is 29.6 Å². The molecule has 16 heavy (non-hydrogen) atoms. The van der Waals surface area contributed by atoms with Gasteiger partial charge in [-0.05, 0) is 37.0 Å². The van der Waals surface area contributed by atoms with Gasteiger partial charge in [0.15, 0.2) is 0 Å². The second-order valence-electron chi connectivity index (χ2n) is 3.60. The molecule has 1 N–H and O–H groups in total. The molecule has 0 heterocycles. The molecule has 0 aromatic heterocycles. The summed E-state index contributed by atoms with van der Waals surface area (Å²) in [6.07, 6.45) is 2.17. The third-order valence-corrected chi connectivity index (χ3v) is 2.27. The molecule has 0 fully saturated rings. The number of hydrogen-bond donors (Lipinski definition) is 1. The first-order valence-electron chi connectivity index (χ1n) is 5.17. The summed E-state index contributed by atoms with van der Waals surface area (Å²) in [6, 6.07) is 4.54. The zero-order chi connectivity index (χ0) is 12.0. The molecule has 0 aliphatic heterocycles. The van der Waals surface area contributed by atoms with Crippen molar-refractivity contribution in [2.24, 2.45) is 0 Å². The number of carboxylic acids is 1. The van der Waals surface area contributed by atoms with Gasteiger partial charge in [0.2, 0.25) is 0 Å². The highest BCUT2D eigenvalue weighted by Crippen LogP contribution is 2.17. The number of hydrogen-bond acceptors (Lipinski definition) is 2. The summed E-state index contributed by atoms with van der Waals surface area (Å²) in [4.78, 5) is 10.3. The first-order chi connectivity index (χ1) is 7.61. The smallest absolute Gasteiger partial charge is 0.303 e. The van der Waals surface area contributed by atoms with E-state index < -0.39 is 5.97 Å². The van der Waals surface area contributed by atoms with E-state index in [4.69, 9.17) is 9.84 Å². The summed E-state index contributed by atoms with van der Waals surface area (Å²) in [5.74, 6) is -0.627. The lowest BCUT2D eigenvalue weighted by atomic mass is 10.1. The summed E-state index contributed by atoms with van der Waals surface area (Å²) in [5.41, 5.74) is 0.835. The van der Waals surface area contributed by atoms with Crippen molar-refractivity contribution in [3.63, 3.8) is 0 Å². The number of methoxy groups -OCH3 is 1. The van der Waals surface area contributed by atoms with E-state index in [0.29, 0.717) is 18.6 Å². The molecule has 88 valence electrons. The highest BCUT2D eigenvalue weighted by Gasteiger charge is 2.02. The van der Waals surface area contributed by atoms with Crippen molar-refractivity contribution in [1.82, 2.24) is 0 Å². The quantitative estimate of drug-likeness (QED) is 0.758. The van der Waals surface area contributed by atoms with Crippen LogP contribution >= 0.6 is 0 Å². The van der Waals surface area contributed by atoms with Crippen LogP contribution in [0.25, 0.3) is 0 Å². The van der Waals surface area contributed by atoms with E-state index in [-0.39, 0.29) is 12.2 Å². The Morgan fingerprint density at radius 2 is 2.12 bits per heavy atom. The number of unbranched alkanes of at least 4 members (excludes halogenated alkanes) is 1. The van der Waals surface area contributed by atoms with E-state index in [1.807, 2.05) is 0 Å². The number of benzene rings is 1. The SMILES string of the molecule is COc1cc(F)cc(CCCCC(=O)O)c1. The molecule has 0 saturated heterocycles. The number of ether oxygens (including phenoxy) is 1. The maximum absolute atomic E-state index is 13.1. The zero-order valence-electron chi connectivity index (χ0n) is 9.20. The number of carbonyl (C=O) groups is 1. The van der Waals surface area contributed by atoms with E-state index in [9.17, 15) is 9.18 Å². The molecule has 0 radical (unpaired) electrons. The van der Waals surface area contributed by atoms with Crippen LogP contribution in [-0.2, 0) is 11.2 Å². The van der Waals surface area contributed by atoms with Crippen LogP contribution in [0.4, 0.5) is 4.39 Å². The summed E-state index contributed by atoms with van der Waals surface area (Å²) in [6.45, 7) is 0. The lowest BCUT2D eigenvalue weighted by Crippen LogP contribution is -1.95. The van der Waals surface area contributed by atoms with Gasteiger partial charge in [-0.2, -0.15) is 0 Å². The Kier molecular flexibility index (Phi) is 4.76. The average molecular weight is 226 g/mol. The molecular weight excluding hydrogens is 211 g/mol. The van der Waals surface area contributed by atoms with Gasteiger partial charge in [-0.15, -0.1) is 0 Å². The summed E-state index contributed by atoms with van der Waals surface area (Å²) in [7, 11) is 1.49. The number of halogens is 1. The van der Waals surface area contributed by atoms with Crippen LogP contribution < -0.4 is 4.74 Å². The van der Waals surface area contributed by atoms with Crippen LogP contribution in [0.3, 0.4) is 0 Å². The monoisotopic (exact) mass is 226 g/mol. The molecule has 0 aliphatic carbocycles. The molecule has 0 unspecified atom stereocenters. The van der Waals surface area contributed by atoms with Crippen LogP contribution in [0.15, 0.2) is 18.2 Å². The van der Waals surface area contributed by atoms with Gasteiger partial charge in [-0.25, -0.2) is 4.39 Å². The Morgan fingerprint density at radius 3 is 2.75 bits per heavy atom. The standard InChI is InChI=1S/C12H15FO3/c1-16-11-7-9(6-10(13)8-11)4-2-3-5-12(14)15/h6-8H,2-5H2,1H3,(H,14,15). The van der Waals surface area contributed by atoms with Crippen molar-refractivity contribution < 1.29 is 19.0 Å². The Hall–Kier alpha value is -1.58. The molecule has 0 spiro atoms. The van der Waals surface area contributed by atoms with Gasteiger partial charge >= 0.3 is 5.97 Å². The molecule has 3 nitrogen and oxygen atoms in total. The van der Waals surface area contributed by atoms with Crippen LogP contribution in [0, 0.1) is 5.82 Å². The fraction of sp³-hybridized carbons (Fsp3) is 0.417. The average Bonchev–Trinajstić information content (AvgIpc) is 2.23. The highest BCUT2D eigenvalue weighted by molar-refractivity contribution is 5.66. The molecule has 0 atom stereocenters. The van der Waals surface area contributed by atoms with Gasteiger partial charge in [0.1, 0.15) is 11.6 Å².